The fourth-order valence-electron chi connectivity index (χ4n) is 1.52. The van der Waals surface area contributed by atoms with Crippen molar-refractivity contribution in [3.05, 3.63) is 12.3 Å². The van der Waals surface area contributed by atoms with Crippen LogP contribution in [0.1, 0.15) is 39.0 Å². The third-order valence-corrected chi connectivity index (χ3v) is 2.40. The Bertz CT molecular complexity index is 154. The first-order chi connectivity index (χ1) is 5.77. The first-order valence-electron chi connectivity index (χ1n) is 4.70. The van der Waals surface area contributed by atoms with Gasteiger partial charge < -0.3 is 9.84 Å². The molecule has 70 valence electrons. The summed E-state index contributed by atoms with van der Waals surface area (Å²) < 4.78 is 5.55. The number of hydrogen-bond donors (Lipinski definition) is 1. The monoisotopic (exact) mass is 170 g/mol. The summed E-state index contributed by atoms with van der Waals surface area (Å²) in [5.41, 5.74) is 0.0317. The largest absolute Gasteiger partial charge is 0.496 e. The van der Waals surface area contributed by atoms with Crippen LogP contribution in [0.15, 0.2) is 12.3 Å². The Morgan fingerprint density at radius 1 is 1.50 bits per heavy atom. The van der Waals surface area contributed by atoms with Crippen molar-refractivity contribution >= 4 is 0 Å². The van der Waals surface area contributed by atoms with Crippen LogP contribution < -0.4 is 0 Å². The third kappa shape index (κ3) is 2.86. The molecule has 1 heterocycles. The van der Waals surface area contributed by atoms with Crippen LogP contribution in [0.25, 0.3) is 0 Å². The molecule has 1 aliphatic heterocycles. The third-order valence-electron chi connectivity index (χ3n) is 2.40. The van der Waals surface area contributed by atoms with E-state index in [1.807, 2.05) is 6.26 Å². The van der Waals surface area contributed by atoms with Gasteiger partial charge in [0.1, 0.15) is 5.60 Å². The van der Waals surface area contributed by atoms with E-state index in [0.29, 0.717) is 6.61 Å². The van der Waals surface area contributed by atoms with Gasteiger partial charge in [-0.1, -0.05) is 0 Å². The molecule has 0 fully saturated rings. The van der Waals surface area contributed by atoms with Gasteiger partial charge >= 0.3 is 0 Å². The normalized spacial score (nSPS) is 28.5. The average molecular weight is 170 g/mol. The molecule has 2 heteroatoms. The maximum absolute atomic E-state index is 8.62. The van der Waals surface area contributed by atoms with Crippen LogP contribution in [-0.2, 0) is 4.74 Å². The number of rotatable bonds is 4. The van der Waals surface area contributed by atoms with Crippen molar-refractivity contribution in [2.75, 3.05) is 6.61 Å². The molecule has 1 rings (SSSR count). The Morgan fingerprint density at radius 3 is 2.92 bits per heavy atom. The number of aliphatic hydroxyl groups is 1. The molecule has 0 amide bonds. The molecule has 12 heavy (non-hydrogen) atoms. The van der Waals surface area contributed by atoms with Gasteiger partial charge in [-0.2, -0.15) is 0 Å². The zero-order valence-electron chi connectivity index (χ0n) is 7.75. The Hall–Kier alpha value is -0.500. The summed E-state index contributed by atoms with van der Waals surface area (Å²) in [5, 5.41) is 8.62. The molecule has 0 saturated carbocycles. The highest BCUT2D eigenvalue weighted by Gasteiger charge is 2.25. The number of unbranched alkanes of at least 4 members (excludes halogenated alkanes) is 1. The van der Waals surface area contributed by atoms with Crippen LogP contribution in [0, 0.1) is 0 Å². The summed E-state index contributed by atoms with van der Waals surface area (Å²) in [6.45, 7) is 2.44. The highest BCUT2D eigenvalue weighted by Crippen LogP contribution is 2.27. The van der Waals surface area contributed by atoms with Gasteiger partial charge in [0, 0.05) is 6.61 Å². The molecule has 0 aromatic carbocycles. The van der Waals surface area contributed by atoms with E-state index in [1.165, 1.54) is 0 Å². The lowest BCUT2D eigenvalue weighted by molar-refractivity contribution is 0.0111. The summed E-state index contributed by atoms with van der Waals surface area (Å²) in [6, 6.07) is 0. The first-order valence-corrected chi connectivity index (χ1v) is 4.70. The van der Waals surface area contributed by atoms with Crippen molar-refractivity contribution in [3.8, 4) is 0 Å². The predicted molar refractivity (Wildman–Crippen MR) is 48.8 cm³/mol. The number of ether oxygens (including phenoxy) is 1. The van der Waals surface area contributed by atoms with Crippen molar-refractivity contribution < 1.29 is 9.84 Å². The quantitative estimate of drug-likeness (QED) is 0.656. The van der Waals surface area contributed by atoms with Crippen molar-refractivity contribution in [2.24, 2.45) is 0 Å². The molecule has 0 spiro atoms. The van der Waals surface area contributed by atoms with E-state index in [0.717, 1.165) is 32.1 Å². The Labute approximate surface area is 74.2 Å². The van der Waals surface area contributed by atoms with Crippen LogP contribution in [0.4, 0.5) is 0 Å². The van der Waals surface area contributed by atoms with E-state index < -0.39 is 0 Å². The highest BCUT2D eigenvalue weighted by atomic mass is 16.5. The fraction of sp³-hybridized carbons (Fsp3) is 0.800. The molecule has 1 N–H and O–H groups in total. The van der Waals surface area contributed by atoms with Crippen molar-refractivity contribution in [1.82, 2.24) is 0 Å². The molecule has 0 aromatic heterocycles. The van der Waals surface area contributed by atoms with Gasteiger partial charge in [-0.25, -0.2) is 0 Å². The maximum atomic E-state index is 8.62. The van der Waals surface area contributed by atoms with Crippen LogP contribution in [0.5, 0.6) is 0 Å². The number of aliphatic hydroxyl groups excluding tert-OH is 1. The van der Waals surface area contributed by atoms with Gasteiger partial charge in [-0.3, -0.25) is 0 Å². The summed E-state index contributed by atoms with van der Waals surface area (Å²) in [7, 11) is 0. The minimum absolute atomic E-state index is 0.0317. The van der Waals surface area contributed by atoms with Gasteiger partial charge in [0.15, 0.2) is 0 Å². The lowest BCUT2D eigenvalue weighted by Gasteiger charge is -2.31. The van der Waals surface area contributed by atoms with E-state index in [2.05, 4.69) is 13.0 Å². The Kier molecular flexibility index (Phi) is 3.60. The van der Waals surface area contributed by atoms with Crippen LogP contribution >= 0.6 is 0 Å². The smallest absolute Gasteiger partial charge is 0.106 e. The Morgan fingerprint density at radius 2 is 2.33 bits per heavy atom. The average Bonchev–Trinajstić information content (AvgIpc) is 2.06. The second kappa shape index (κ2) is 4.51. The predicted octanol–water partition coefficient (Wildman–Crippen LogP) is 2.23. The summed E-state index contributed by atoms with van der Waals surface area (Å²) in [5.74, 6) is 0. The zero-order chi connectivity index (χ0) is 8.86. The minimum Gasteiger partial charge on any atom is -0.496 e. The molecule has 1 aliphatic rings. The van der Waals surface area contributed by atoms with E-state index in [4.69, 9.17) is 9.84 Å². The number of hydrogen-bond acceptors (Lipinski definition) is 2. The molecular weight excluding hydrogens is 152 g/mol. The van der Waals surface area contributed by atoms with E-state index in [1.54, 1.807) is 0 Å². The van der Waals surface area contributed by atoms with Gasteiger partial charge in [0.2, 0.25) is 0 Å². The topological polar surface area (TPSA) is 29.5 Å². The van der Waals surface area contributed by atoms with Gasteiger partial charge in [0.05, 0.1) is 6.26 Å². The van der Waals surface area contributed by atoms with E-state index in [9.17, 15) is 0 Å². The molecule has 1 unspecified atom stereocenters. The second-order valence-corrected chi connectivity index (χ2v) is 3.66. The molecule has 0 saturated heterocycles. The first kappa shape index (κ1) is 9.59. The molecule has 0 bridgehead atoms. The van der Waals surface area contributed by atoms with E-state index in [-0.39, 0.29) is 5.60 Å². The van der Waals surface area contributed by atoms with Crippen LogP contribution in [0.2, 0.25) is 0 Å². The highest BCUT2D eigenvalue weighted by molar-refractivity contribution is 4.89. The second-order valence-electron chi connectivity index (χ2n) is 3.66. The van der Waals surface area contributed by atoms with Crippen LogP contribution in [0.3, 0.4) is 0 Å². The maximum Gasteiger partial charge on any atom is 0.106 e. The van der Waals surface area contributed by atoms with Gasteiger partial charge in [0.25, 0.3) is 0 Å². The zero-order valence-corrected chi connectivity index (χ0v) is 7.75. The molecule has 0 aromatic rings. The Balaban J connectivity index is 2.23. The van der Waals surface area contributed by atoms with Gasteiger partial charge in [-0.15, -0.1) is 0 Å². The van der Waals surface area contributed by atoms with E-state index >= 15 is 0 Å². The summed E-state index contributed by atoms with van der Waals surface area (Å²) in [6.07, 6.45) is 9.10. The standard InChI is InChI=1S/C10H18O2/c1-10(6-2-4-8-11)7-3-5-9-12-10/h5,9,11H,2-4,6-8H2,1H3. The van der Waals surface area contributed by atoms with Crippen molar-refractivity contribution in [2.45, 2.75) is 44.6 Å². The molecule has 0 aliphatic carbocycles. The van der Waals surface area contributed by atoms with Gasteiger partial charge in [-0.05, 0) is 45.1 Å². The molecular formula is C10H18O2. The molecule has 1 atom stereocenters. The summed E-state index contributed by atoms with van der Waals surface area (Å²) in [4.78, 5) is 0. The molecule has 2 nitrogen and oxygen atoms in total. The number of allylic oxidation sites excluding steroid dienone is 1. The van der Waals surface area contributed by atoms with Crippen molar-refractivity contribution in [1.29, 1.82) is 0 Å². The minimum atomic E-state index is 0.0317. The van der Waals surface area contributed by atoms with Crippen molar-refractivity contribution in [3.63, 3.8) is 0 Å². The summed E-state index contributed by atoms with van der Waals surface area (Å²) >= 11 is 0. The fourth-order valence-corrected chi connectivity index (χ4v) is 1.52. The lowest BCUT2D eigenvalue weighted by atomic mass is 9.92. The lowest BCUT2D eigenvalue weighted by Crippen LogP contribution is -2.28. The van der Waals surface area contributed by atoms with Crippen LogP contribution in [-0.4, -0.2) is 17.3 Å². The SMILES string of the molecule is CC1(CCCCO)CCC=CO1. The molecule has 0 radical (unpaired) electrons.